The molecule has 0 bridgehead atoms. The fraction of sp³-hybridized carbons (Fsp3) is 0.444. The van der Waals surface area contributed by atoms with Gasteiger partial charge in [0.15, 0.2) is 0 Å². The number of aromatic nitrogens is 1. The number of fused-ring (bicyclic) bond motifs is 1. The molecule has 2 heteroatoms. The van der Waals surface area contributed by atoms with E-state index in [2.05, 4.69) is 18.0 Å². The van der Waals surface area contributed by atoms with Crippen molar-refractivity contribution >= 4 is 0 Å². The maximum Gasteiger partial charge on any atom is 0.0734 e. The maximum absolute atomic E-state index is 5.31. The Bertz CT molecular complexity index is 270. The number of hydrogen-bond acceptors (Lipinski definition) is 2. The van der Waals surface area contributed by atoms with E-state index in [-0.39, 0.29) is 0 Å². The zero-order valence-corrected chi connectivity index (χ0v) is 6.63. The molecular formula is C9H11NO. The molecule has 1 aliphatic rings. The molecule has 0 spiro atoms. The summed E-state index contributed by atoms with van der Waals surface area (Å²) in [4.78, 5) is 4.34. The second-order valence-corrected chi connectivity index (χ2v) is 2.92. The Morgan fingerprint density at radius 1 is 1.55 bits per heavy atom. The predicted octanol–water partition coefficient (Wildman–Crippen LogP) is 1.46. The van der Waals surface area contributed by atoms with E-state index < -0.39 is 0 Å². The number of nitrogens with zero attached hydrogens (tertiary/aromatic N) is 1. The lowest BCUT2D eigenvalue weighted by molar-refractivity contribution is 0.109. The van der Waals surface area contributed by atoms with Gasteiger partial charge in [-0.1, -0.05) is 6.07 Å². The average Bonchev–Trinajstić information content (AvgIpc) is 2.04. The minimum Gasteiger partial charge on any atom is -0.376 e. The lowest BCUT2D eigenvalue weighted by Gasteiger charge is -2.15. The molecule has 0 amide bonds. The van der Waals surface area contributed by atoms with Gasteiger partial charge in [0.05, 0.1) is 13.2 Å². The normalized spacial score (nSPS) is 16.1. The third kappa shape index (κ3) is 1.26. The standard InChI is InChI=1S/C9H11NO/c1-7-4-8-6-11-3-2-9(8)10-5-7/h4-5H,2-3,6H2,1H3. The molecule has 0 N–H and O–H groups in total. The molecule has 0 radical (unpaired) electrons. The van der Waals surface area contributed by atoms with E-state index in [1.165, 1.54) is 16.8 Å². The summed E-state index contributed by atoms with van der Waals surface area (Å²) in [5.41, 5.74) is 3.69. The Labute approximate surface area is 66.2 Å². The zero-order valence-electron chi connectivity index (χ0n) is 6.63. The fourth-order valence-electron chi connectivity index (χ4n) is 1.36. The topological polar surface area (TPSA) is 22.1 Å². The minimum absolute atomic E-state index is 0.740. The largest absolute Gasteiger partial charge is 0.376 e. The molecule has 58 valence electrons. The molecule has 1 aromatic heterocycles. The highest BCUT2D eigenvalue weighted by atomic mass is 16.5. The monoisotopic (exact) mass is 149 g/mol. The van der Waals surface area contributed by atoms with Gasteiger partial charge in [-0.3, -0.25) is 4.98 Å². The highest BCUT2D eigenvalue weighted by Crippen LogP contribution is 2.14. The summed E-state index contributed by atoms with van der Waals surface area (Å²) in [6.45, 7) is 3.62. The Kier molecular flexibility index (Phi) is 1.62. The third-order valence-electron chi connectivity index (χ3n) is 1.94. The van der Waals surface area contributed by atoms with Gasteiger partial charge < -0.3 is 4.74 Å². The van der Waals surface area contributed by atoms with Gasteiger partial charge in [-0.05, 0) is 18.1 Å². The van der Waals surface area contributed by atoms with E-state index in [0.29, 0.717) is 0 Å². The van der Waals surface area contributed by atoms with Gasteiger partial charge in [-0.25, -0.2) is 0 Å². The summed E-state index contributed by atoms with van der Waals surface area (Å²) < 4.78 is 5.31. The van der Waals surface area contributed by atoms with Crippen LogP contribution in [0.1, 0.15) is 16.8 Å². The smallest absolute Gasteiger partial charge is 0.0734 e. The van der Waals surface area contributed by atoms with Crippen molar-refractivity contribution in [3.8, 4) is 0 Å². The summed E-state index contributed by atoms with van der Waals surface area (Å²) in [6.07, 6.45) is 2.89. The minimum atomic E-state index is 0.740. The van der Waals surface area contributed by atoms with Crippen LogP contribution in [0.25, 0.3) is 0 Å². The van der Waals surface area contributed by atoms with Crippen LogP contribution in [0.4, 0.5) is 0 Å². The first-order chi connectivity index (χ1) is 5.36. The second-order valence-electron chi connectivity index (χ2n) is 2.92. The van der Waals surface area contributed by atoms with Gasteiger partial charge in [0.1, 0.15) is 0 Å². The highest BCUT2D eigenvalue weighted by molar-refractivity contribution is 5.25. The van der Waals surface area contributed by atoms with Gasteiger partial charge >= 0.3 is 0 Å². The van der Waals surface area contributed by atoms with Crippen LogP contribution in [0.2, 0.25) is 0 Å². The van der Waals surface area contributed by atoms with Gasteiger partial charge in [0.2, 0.25) is 0 Å². The molecule has 1 aliphatic heterocycles. The van der Waals surface area contributed by atoms with Crippen LogP contribution >= 0.6 is 0 Å². The van der Waals surface area contributed by atoms with E-state index in [4.69, 9.17) is 4.74 Å². The summed E-state index contributed by atoms with van der Waals surface area (Å²) in [5, 5.41) is 0. The van der Waals surface area contributed by atoms with Crippen molar-refractivity contribution < 1.29 is 4.74 Å². The molecule has 0 unspecified atom stereocenters. The Morgan fingerprint density at radius 3 is 3.36 bits per heavy atom. The number of hydrogen-bond donors (Lipinski definition) is 0. The van der Waals surface area contributed by atoms with Crippen LogP contribution < -0.4 is 0 Å². The summed E-state index contributed by atoms with van der Waals surface area (Å²) >= 11 is 0. The van der Waals surface area contributed by atoms with E-state index in [9.17, 15) is 0 Å². The molecular weight excluding hydrogens is 138 g/mol. The van der Waals surface area contributed by atoms with E-state index >= 15 is 0 Å². The van der Waals surface area contributed by atoms with Crippen molar-refractivity contribution in [1.29, 1.82) is 0 Å². The SMILES string of the molecule is Cc1cnc2c(c1)COCC2. The summed E-state index contributed by atoms with van der Waals surface area (Å²) in [5.74, 6) is 0. The molecule has 11 heavy (non-hydrogen) atoms. The number of rotatable bonds is 0. The van der Waals surface area contributed by atoms with Crippen molar-refractivity contribution in [2.75, 3.05) is 6.61 Å². The van der Waals surface area contributed by atoms with Crippen LogP contribution in [0.5, 0.6) is 0 Å². The molecule has 0 saturated heterocycles. The quantitative estimate of drug-likeness (QED) is 0.557. The second kappa shape index (κ2) is 2.62. The molecule has 1 aromatic rings. The van der Waals surface area contributed by atoms with Crippen molar-refractivity contribution in [2.24, 2.45) is 0 Å². The third-order valence-corrected chi connectivity index (χ3v) is 1.94. The maximum atomic E-state index is 5.31. The highest BCUT2D eigenvalue weighted by Gasteiger charge is 2.09. The van der Waals surface area contributed by atoms with Gasteiger partial charge in [0, 0.05) is 18.3 Å². The zero-order chi connectivity index (χ0) is 7.68. The Hall–Kier alpha value is -0.890. The van der Waals surface area contributed by atoms with E-state index in [1.807, 2.05) is 6.20 Å². The van der Waals surface area contributed by atoms with Gasteiger partial charge in [-0.2, -0.15) is 0 Å². The first-order valence-electron chi connectivity index (χ1n) is 3.88. The van der Waals surface area contributed by atoms with Crippen LogP contribution in [0.15, 0.2) is 12.3 Å². The first kappa shape index (κ1) is 6.80. The Balaban J connectivity index is 2.43. The first-order valence-corrected chi connectivity index (χ1v) is 3.88. The van der Waals surface area contributed by atoms with Crippen LogP contribution in [-0.2, 0) is 17.8 Å². The molecule has 0 aliphatic carbocycles. The number of ether oxygens (including phenoxy) is 1. The lowest BCUT2D eigenvalue weighted by Crippen LogP contribution is -2.11. The summed E-state index contributed by atoms with van der Waals surface area (Å²) in [7, 11) is 0. The molecule has 0 saturated carbocycles. The van der Waals surface area contributed by atoms with E-state index in [1.54, 1.807) is 0 Å². The van der Waals surface area contributed by atoms with Crippen LogP contribution in [0.3, 0.4) is 0 Å². The molecule has 0 aromatic carbocycles. The van der Waals surface area contributed by atoms with Crippen molar-refractivity contribution in [2.45, 2.75) is 20.0 Å². The lowest BCUT2D eigenvalue weighted by atomic mass is 10.1. The molecule has 2 nitrogen and oxygen atoms in total. The molecule has 0 fully saturated rings. The van der Waals surface area contributed by atoms with Crippen LogP contribution in [0, 0.1) is 6.92 Å². The van der Waals surface area contributed by atoms with Gasteiger partial charge in [-0.15, -0.1) is 0 Å². The predicted molar refractivity (Wildman–Crippen MR) is 42.3 cm³/mol. The van der Waals surface area contributed by atoms with Gasteiger partial charge in [0.25, 0.3) is 0 Å². The number of aryl methyl sites for hydroxylation is 1. The van der Waals surface area contributed by atoms with Crippen molar-refractivity contribution in [3.63, 3.8) is 0 Å². The molecule has 2 rings (SSSR count). The Morgan fingerprint density at radius 2 is 2.45 bits per heavy atom. The van der Waals surface area contributed by atoms with Crippen LogP contribution in [-0.4, -0.2) is 11.6 Å². The van der Waals surface area contributed by atoms with Crippen molar-refractivity contribution in [3.05, 3.63) is 29.1 Å². The average molecular weight is 149 g/mol. The molecule has 2 heterocycles. The fourth-order valence-corrected chi connectivity index (χ4v) is 1.36. The molecule has 0 atom stereocenters. The summed E-state index contributed by atoms with van der Waals surface area (Å²) in [6, 6.07) is 2.15. The van der Waals surface area contributed by atoms with E-state index in [0.717, 1.165) is 19.6 Å². The number of pyridine rings is 1. The van der Waals surface area contributed by atoms with Crippen molar-refractivity contribution in [1.82, 2.24) is 4.98 Å².